The van der Waals surface area contributed by atoms with Crippen LogP contribution in [0.2, 0.25) is 0 Å². The Hall–Kier alpha value is -2.35. The van der Waals surface area contributed by atoms with Crippen LogP contribution in [-0.4, -0.2) is 9.78 Å². The zero-order chi connectivity index (χ0) is 13.6. The number of benzene rings is 1. The highest BCUT2D eigenvalue weighted by molar-refractivity contribution is 5.73. The molecule has 5 heteroatoms. The summed E-state index contributed by atoms with van der Waals surface area (Å²) in [4.78, 5) is 0. The van der Waals surface area contributed by atoms with Gasteiger partial charge in [0.05, 0.1) is 5.54 Å². The van der Waals surface area contributed by atoms with E-state index in [0.717, 1.165) is 12.8 Å². The van der Waals surface area contributed by atoms with Crippen molar-refractivity contribution in [1.29, 1.82) is 5.26 Å². The van der Waals surface area contributed by atoms with E-state index in [2.05, 4.69) is 11.2 Å². The minimum Gasteiger partial charge on any atom is -0.383 e. The van der Waals surface area contributed by atoms with Crippen molar-refractivity contribution in [2.24, 2.45) is 0 Å². The molecule has 0 unspecified atom stereocenters. The third kappa shape index (κ3) is 1.68. The number of hydrogen-bond acceptors (Lipinski definition) is 3. The van der Waals surface area contributed by atoms with E-state index >= 15 is 0 Å². The highest BCUT2D eigenvalue weighted by Gasteiger charge is 2.42. The summed E-state index contributed by atoms with van der Waals surface area (Å²) in [6.07, 6.45) is 1.93. The van der Waals surface area contributed by atoms with E-state index in [1.54, 1.807) is 16.8 Å². The van der Waals surface area contributed by atoms with Crippen LogP contribution in [0.3, 0.4) is 0 Å². The third-order valence-corrected chi connectivity index (χ3v) is 3.58. The lowest BCUT2D eigenvalue weighted by atomic mass is 10.1. The zero-order valence-electron chi connectivity index (χ0n) is 10.4. The molecule has 2 aromatic rings. The van der Waals surface area contributed by atoms with Crippen molar-refractivity contribution in [3.8, 4) is 17.3 Å². The fraction of sp³-hybridized carbons (Fsp3) is 0.286. The maximum absolute atomic E-state index is 13.8. The van der Waals surface area contributed by atoms with Crippen LogP contribution in [0.5, 0.6) is 0 Å². The van der Waals surface area contributed by atoms with Gasteiger partial charge in [-0.1, -0.05) is 12.1 Å². The first kappa shape index (κ1) is 11.7. The Morgan fingerprint density at radius 1 is 1.58 bits per heavy atom. The molecule has 0 bridgehead atoms. The summed E-state index contributed by atoms with van der Waals surface area (Å²) < 4.78 is 15.4. The number of hydrogen-bond donors (Lipinski definition) is 1. The van der Waals surface area contributed by atoms with Crippen LogP contribution in [0.15, 0.2) is 18.2 Å². The van der Waals surface area contributed by atoms with Crippen molar-refractivity contribution in [3.05, 3.63) is 35.6 Å². The van der Waals surface area contributed by atoms with Crippen LogP contribution >= 0.6 is 0 Å². The second-order valence-corrected chi connectivity index (χ2v) is 5.03. The molecule has 2 N–H and O–H groups in total. The summed E-state index contributed by atoms with van der Waals surface area (Å²) in [7, 11) is 0. The Labute approximate surface area is 110 Å². The summed E-state index contributed by atoms with van der Waals surface area (Å²) in [5.41, 5.74) is 6.62. The lowest BCUT2D eigenvalue weighted by Crippen LogP contribution is -2.16. The molecule has 1 heterocycles. The molecule has 0 aliphatic heterocycles. The molecule has 0 spiro atoms. The fourth-order valence-corrected chi connectivity index (χ4v) is 2.13. The predicted molar refractivity (Wildman–Crippen MR) is 68.5 cm³/mol. The molecule has 3 rings (SSSR count). The maximum Gasteiger partial charge on any atom is 0.141 e. The smallest absolute Gasteiger partial charge is 0.141 e. The first-order valence-electron chi connectivity index (χ1n) is 6.02. The standard InChI is InChI=1S/C14H12FN4/c1-14(6-7-14)19-13(17)10(8-16)12(18-19)9-4-2-3-5-11(9)15/h2-4H,6-7,17H2,1H3. The van der Waals surface area contributed by atoms with Crippen molar-refractivity contribution in [1.82, 2.24) is 9.78 Å². The molecule has 1 radical (unpaired) electrons. The number of aromatic nitrogens is 2. The Morgan fingerprint density at radius 3 is 2.89 bits per heavy atom. The molecule has 1 saturated carbocycles. The van der Waals surface area contributed by atoms with Crippen molar-refractivity contribution in [2.45, 2.75) is 25.3 Å². The quantitative estimate of drug-likeness (QED) is 0.896. The number of nitrogens with zero attached hydrogens (tertiary/aromatic N) is 3. The van der Waals surface area contributed by atoms with Crippen molar-refractivity contribution in [3.63, 3.8) is 0 Å². The van der Waals surface area contributed by atoms with Crippen LogP contribution in [0.4, 0.5) is 10.2 Å². The van der Waals surface area contributed by atoms with E-state index in [4.69, 9.17) is 5.73 Å². The van der Waals surface area contributed by atoms with Crippen LogP contribution in [0, 0.1) is 23.2 Å². The average Bonchev–Trinajstić information content (AvgIpc) is 3.04. The molecule has 0 amide bonds. The first-order valence-corrected chi connectivity index (χ1v) is 6.02. The monoisotopic (exact) mass is 255 g/mol. The normalized spacial score (nSPS) is 16.1. The van der Waals surface area contributed by atoms with E-state index in [1.165, 1.54) is 6.07 Å². The lowest BCUT2D eigenvalue weighted by Gasteiger charge is -2.10. The summed E-state index contributed by atoms with van der Waals surface area (Å²) in [5.74, 6) is -0.217. The van der Waals surface area contributed by atoms with E-state index in [1.807, 2.05) is 13.0 Å². The van der Waals surface area contributed by atoms with Crippen LogP contribution < -0.4 is 5.73 Å². The van der Waals surface area contributed by atoms with Gasteiger partial charge in [0.25, 0.3) is 0 Å². The van der Waals surface area contributed by atoms with Gasteiger partial charge in [-0.25, -0.2) is 9.07 Å². The number of nitrogens with two attached hydrogens (primary N) is 1. The molecule has 1 aromatic carbocycles. The Bertz CT molecular complexity index is 692. The molecular weight excluding hydrogens is 243 g/mol. The second kappa shape index (κ2) is 3.82. The molecule has 1 fully saturated rings. The number of anilines is 1. The Morgan fingerprint density at radius 2 is 2.32 bits per heavy atom. The van der Waals surface area contributed by atoms with Crippen LogP contribution in [0.1, 0.15) is 25.3 Å². The molecule has 4 nitrogen and oxygen atoms in total. The van der Waals surface area contributed by atoms with Gasteiger partial charge in [0.15, 0.2) is 0 Å². The van der Waals surface area contributed by atoms with Gasteiger partial charge in [0.2, 0.25) is 0 Å². The molecular formula is C14H12FN4. The van der Waals surface area contributed by atoms with Crippen LogP contribution in [-0.2, 0) is 5.54 Å². The molecule has 1 aliphatic carbocycles. The molecule has 0 saturated heterocycles. The number of nitrogen functional groups attached to an aromatic ring is 1. The van der Waals surface area contributed by atoms with E-state index in [-0.39, 0.29) is 16.7 Å². The minimum atomic E-state index is -0.524. The predicted octanol–water partition coefficient (Wildman–Crippen LogP) is 2.45. The van der Waals surface area contributed by atoms with Crippen molar-refractivity contribution >= 4 is 5.82 Å². The average molecular weight is 255 g/mol. The molecule has 1 aliphatic rings. The number of rotatable bonds is 2. The molecule has 0 atom stereocenters. The van der Waals surface area contributed by atoms with E-state index < -0.39 is 5.82 Å². The summed E-state index contributed by atoms with van der Waals surface area (Å²) in [5, 5.41) is 13.6. The fourth-order valence-electron chi connectivity index (χ4n) is 2.13. The highest BCUT2D eigenvalue weighted by Crippen LogP contribution is 2.45. The second-order valence-electron chi connectivity index (χ2n) is 5.03. The minimum absolute atomic E-state index is 0.136. The molecule has 19 heavy (non-hydrogen) atoms. The number of halogens is 1. The maximum atomic E-state index is 13.8. The van der Waals surface area contributed by atoms with Crippen LogP contribution in [0.25, 0.3) is 11.3 Å². The third-order valence-electron chi connectivity index (χ3n) is 3.58. The van der Waals surface area contributed by atoms with E-state index in [0.29, 0.717) is 11.5 Å². The summed E-state index contributed by atoms with van der Waals surface area (Å²) in [6.45, 7) is 2.02. The molecule has 1 aromatic heterocycles. The Kier molecular flexibility index (Phi) is 2.36. The number of nitriles is 1. The van der Waals surface area contributed by atoms with Gasteiger partial charge in [0, 0.05) is 11.6 Å². The lowest BCUT2D eigenvalue weighted by molar-refractivity contribution is 0.481. The van der Waals surface area contributed by atoms with Gasteiger partial charge in [-0.2, -0.15) is 10.4 Å². The summed E-state index contributed by atoms with van der Waals surface area (Å²) in [6, 6.07) is 9.20. The van der Waals surface area contributed by atoms with Gasteiger partial charge in [-0.3, -0.25) is 0 Å². The van der Waals surface area contributed by atoms with Gasteiger partial charge in [-0.15, -0.1) is 0 Å². The first-order chi connectivity index (χ1) is 9.07. The summed E-state index contributed by atoms with van der Waals surface area (Å²) >= 11 is 0. The van der Waals surface area contributed by atoms with Crippen molar-refractivity contribution in [2.75, 3.05) is 5.73 Å². The van der Waals surface area contributed by atoms with Gasteiger partial charge in [0.1, 0.15) is 29.0 Å². The largest absolute Gasteiger partial charge is 0.383 e. The Balaban J connectivity index is 2.23. The van der Waals surface area contributed by atoms with Gasteiger partial charge in [-0.05, 0) is 25.8 Å². The topological polar surface area (TPSA) is 67.6 Å². The van der Waals surface area contributed by atoms with E-state index in [9.17, 15) is 9.65 Å². The van der Waals surface area contributed by atoms with Gasteiger partial charge < -0.3 is 5.73 Å². The zero-order valence-corrected chi connectivity index (χ0v) is 10.4. The van der Waals surface area contributed by atoms with Crippen molar-refractivity contribution < 1.29 is 4.39 Å². The SMILES string of the molecule is CC1(n2nc(-c3ccc[c]c3F)c(C#N)c2N)CC1. The molecule has 95 valence electrons. The highest BCUT2D eigenvalue weighted by atomic mass is 19.1. The van der Waals surface area contributed by atoms with Gasteiger partial charge >= 0.3 is 0 Å².